The van der Waals surface area contributed by atoms with E-state index in [1.807, 2.05) is 0 Å². The monoisotopic (exact) mass is 530 g/mol. The lowest BCUT2D eigenvalue weighted by Crippen LogP contribution is -2.19. The van der Waals surface area contributed by atoms with Crippen molar-refractivity contribution in [2.75, 3.05) is 5.73 Å². The Morgan fingerprint density at radius 3 is 2.35 bits per heavy atom. The lowest BCUT2D eigenvalue weighted by Gasteiger charge is -2.14. The van der Waals surface area contributed by atoms with E-state index in [1.165, 1.54) is 18.3 Å². The summed E-state index contributed by atoms with van der Waals surface area (Å²) in [5.74, 6) is -2.94. The summed E-state index contributed by atoms with van der Waals surface area (Å²) in [5, 5.41) is 28.5. The average Bonchev–Trinajstić information content (AvgIpc) is 3.17. The Labute approximate surface area is 205 Å². The number of rotatable bonds is 8. The molecular formula is C23H20F6N4O4. The molecule has 1 aromatic carbocycles. The van der Waals surface area contributed by atoms with Crippen LogP contribution in [-0.4, -0.2) is 48.0 Å². The highest BCUT2D eigenvalue weighted by Gasteiger charge is 2.39. The third-order valence-electron chi connectivity index (χ3n) is 5.06. The normalized spacial score (nSPS) is 14.2. The minimum atomic E-state index is -5.08. The number of aliphatic hydroxyl groups excluding tert-OH is 2. The van der Waals surface area contributed by atoms with Crippen LogP contribution in [0, 0.1) is 0 Å². The maximum absolute atomic E-state index is 14.0. The summed E-state index contributed by atoms with van der Waals surface area (Å²) in [7, 11) is 0. The van der Waals surface area contributed by atoms with Gasteiger partial charge in [-0.3, -0.25) is 9.36 Å². The number of pyridine rings is 1. The SMILES string of the molecule is Nc1cc(-c2nc(C(F)(F)F)n(C=CC(O)CC(O)CC(=O)O)c2-c2cccc(C(F)(F)F)c2)ccn1. The first-order valence-electron chi connectivity index (χ1n) is 10.5. The van der Waals surface area contributed by atoms with Crippen molar-refractivity contribution >= 4 is 18.0 Å². The molecule has 2 aromatic heterocycles. The predicted octanol–water partition coefficient (Wildman–Crippen LogP) is 4.29. The Hall–Kier alpha value is -3.91. The molecule has 0 aliphatic carbocycles. The van der Waals surface area contributed by atoms with E-state index in [9.17, 15) is 41.4 Å². The summed E-state index contributed by atoms with van der Waals surface area (Å²) in [4.78, 5) is 18.1. The molecule has 198 valence electrons. The number of carboxylic acids is 1. The van der Waals surface area contributed by atoms with Crippen molar-refractivity contribution in [1.82, 2.24) is 14.5 Å². The van der Waals surface area contributed by atoms with Gasteiger partial charge in [0.15, 0.2) is 0 Å². The minimum Gasteiger partial charge on any atom is -0.481 e. The highest BCUT2D eigenvalue weighted by atomic mass is 19.4. The standard InChI is InChI=1S/C23H20F6N4O4/c24-22(25,26)14-3-1-2-13(8-14)20-19(12-4-6-31-17(30)9-12)32-21(23(27,28)29)33(20)7-5-15(34)10-16(35)11-18(36)37/h1-9,15-16,34-35H,10-11H2,(H2,30,31)(H,36,37). The second-order valence-electron chi connectivity index (χ2n) is 7.94. The first-order chi connectivity index (χ1) is 17.2. The van der Waals surface area contributed by atoms with Gasteiger partial charge in [0.05, 0.1) is 35.6 Å². The van der Waals surface area contributed by atoms with Crippen molar-refractivity contribution in [1.29, 1.82) is 0 Å². The summed E-state index contributed by atoms with van der Waals surface area (Å²) < 4.78 is 82.6. The number of aromatic nitrogens is 3. The van der Waals surface area contributed by atoms with Crippen LogP contribution in [0.5, 0.6) is 0 Å². The van der Waals surface area contributed by atoms with Gasteiger partial charge < -0.3 is 21.1 Å². The fourth-order valence-corrected chi connectivity index (χ4v) is 3.52. The summed E-state index contributed by atoms with van der Waals surface area (Å²) in [5.41, 5.74) is 3.55. The molecule has 0 amide bonds. The van der Waals surface area contributed by atoms with Gasteiger partial charge in [0, 0.05) is 29.9 Å². The summed E-state index contributed by atoms with van der Waals surface area (Å²) >= 11 is 0. The van der Waals surface area contributed by atoms with Crippen molar-refractivity contribution in [3.8, 4) is 22.5 Å². The number of carbonyl (C=O) groups is 1. The number of nitrogens with two attached hydrogens (primary N) is 1. The second-order valence-corrected chi connectivity index (χ2v) is 7.94. The third kappa shape index (κ3) is 6.86. The van der Waals surface area contributed by atoms with Gasteiger partial charge in [-0.05, 0) is 30.3 Å². The van der Waals surface area contributed by atoms with Crippen LogP contribution in [0.25, 0.3) is 28.7 Å². The number of hydrogen-bond acceptors (Lipinski definition) is 6. The lowest BCUT2D eigenvalue weighted by molar-refractivity contribution is -0.145. The summed E-state index contributed by atoms with van der Waals surface area (Å²) in [6.07, 6.45) is -11.4. The molecule has 0 saturated heterocycles. The van der Waals surface area contributed by atoms with Crippen LogP contribution >= 0.6 is 0 Å². The molecule has 2 heterocycles. The van der Waals surface area contributed by atoms with Crippen LogP contribution in [0.1, 0.15) is 24.2 Å². The van der Waals surface area contributed by atoms with Crippen molar-refractivity contribution in [2.45, 2.75) is 37.4 Å². The van der Waals surface area contributed by atoms with E-state index in [0.29, 0.717) is 10.6 Å². The van der Waals surface area contributed by atoms with E-state index in [4.69, 9.17) is 10.8 Å². The number of anilines is 1. The third-order valence-corrected chi connectivity index (χ3v) is 5.06. The number of hydrogen-bond donors (Lipinski definition) is 4. The number of nitrogens with zero attached hydrogens (tertiary/aromatic N) is 3. The van der Waals surface area contributed by atoms with E-state index in [1.54, 1.807) is 0 Å². The molecule has 0 spiro atoms. The summed E-state index contributed by atoms with van der Waals surface area (Å²) in [6.45, 7) is 0. The maximum Gasteiger partial charge on any atom is 0.450 e. The maximum atomic E-state index is 14.0. The molecule has 2 unspecified atom stereocenters. The highest BCUT2D eigenvalue weighted by Crippen LogP contribution is 2.40. The Bertz CT molecular complexity index is 1300. The van der Waals surface area contributed by atoms with E-state index in [0.717, 1.165) is 30.5 Å². The molecular weight excluding hydrogens is 510 g/mol. The zero-order chi connectivity index (χ0) is 27.5. The largest absolute Gasteiger partial charge is 0.481 e. The molecule has 0 aliphatic heterocycles. The average molecular weight is 530 g/mol. The summed E-state index contributed by atoms with van der Waals surface area (Å²) in [6, 6.07) is 6.07. The number of aliphatic carboxylic acids is 1. The van der Waals surface area contributed by atoms with Crippen LogP contribution in [0.4, 0.5) is 32.2 Å². The van der Waals surface area contributed by atoms with E-state index < -0.39 is 60.5 Å². The van der Waals surface area contributed by atoms with Gasteiger partial charge in [-0.1, -0.05) is 12.1 Å². The number of carboxylic acid groups (broad SMARTS) is 1. The first kappa shape index (κ1) is 27.7. The molecule has 0 saturated carbocycles. The van der Waals surface area contributed by atoms with Crippen LogP contribution in [-0.2, 0) is 17.1 Å². The quantitative estimate of drug-likeness (QED) is 0.319. The smallest absolute Gasteiger partial charge is 0.450 e. The van der Waals surface area contributed by atoms with E-state index >= 15 is 0 Å². The Morgan fingerprint density at radius 1 is 1.05 bits per heavy atom. The Morgan fingerprint density at radius 2 is 1.76 bits per heavy atom. The molecule has 0 aliphatic rings. The van der Waals surface area contributed by atoms with Crippen LogP contribution in [0.2, 0.25) is 0 Å². The van der Waals surface area contributed by atoms with Crippen molar-refractivity contribution < 1.29 is 46.5 Å². The fraction of sp³-hybridized carbons (Fsp3) is 0.261. The van der Waals surface area contributed by atoms with Crippen molar-refractivity contribution in [2.24, 2.45) is 0 Å². The zero-order valence-electron chi connectivity index (χ0n) is 18.7. The van der Waals surface area contributed by atoms with Crippen molar-refractivity contribution in [3.63, 3.8) is 0 Å². The minimum absolute atomic E-state index is 0.0370. The van der Waals surface area contributed by atoms with Gasteiger partial charge in [-0.15, -0.1) is 0 Å². The van der Waals surface area contributed by atoms with Gasteiger partial charge in [0.25, 0.3) is 0 Å². The molecule has 0 radical (unpaired) electrons. The Kier molecular flexibility index (Phi) is 7.93. The molecule has 0 bridgehead atoms. The van der Waals surface area contributed by atoms with Crippen LogP contribution in [0.15, 0.2) is 48.7 Å². The molecule has 0 fully saturated rings. The topological polar surface area (TPSA) is 134 Å². The van der Waals surface area contributed by atoms with Crippen molar-refractivity contribution in [3.05, 3.63) is 60.1 Å². The number of nitrogen functional groups attached to an aromatic ring is 1. The molecule has 37 heavy (non-hydrogen) atoms. The highest BCUT2D eigenvalue weighted by molar-refractivity contribution is 5.81. The number of alkyl halides is 6. The van der Waals surface area contributed by atoms with Gasteiger partial charge in [0.2, 0.25) is 5.82 Å². The fourth-order valence-electron chi connectivity index (χ4n) is 3.52. The molecule has 3 aromatic rings. The van der Waals surface area contributed by atoms with Gasteiger partial charge in [0.1, 0.15) is 5.82 Å². The lowest BCUT2D eigenvalue weighted by atomic mass is 10.0. The Balaban J connectivity index is 2.23. The molecule has 8 nitrogen and oxygen atoms in total. The van der Waals surface area contributed by atoms with Gasteiger partial charge in [-0.2, -0.15) is 26.3 Å². The molecule has 3 rings (SSSR count). The number of imidazole rings is 1. The molecule has 5 N–H and O–H groups in total. The number of halogens is 6. The predicted molar refractivity (Wildman–Crippen MR) is 120 cm³/mol. The zero-order valence-corrected chi connectivity index (χ0v) is 18.7. The number of aliphatic hydroxyl groups is 2. The van der Waals surface area contributed by atoms with Crippen LogP contribution in [0.3, 0.4) is 0 Å². The van der Waals surface area contributed by atoms with Gasteiger partial charge in [-0.25, -0.2) is 9.97 Å². The first-order valence-corrected chi connectivity index (χ1v) is 10.5. The molecule has 2 atom stereocenters. The second kappa shape index (κ2) is 10.6. The number of benzene rings is 1. The van der Waals surface area contributed by atoms with E-state index in [-0.39, 0.29) is 22.6 Å². The van der Waals surface area contributed by atoms with Crippen LogP contribution < -0.4 is 5.73 Å². The van der Waals surface area contributed by atoms with Gasteiger partial charge >= 0.3 is 18.3 Å². The molecule has 14 heteroatoms. The van der Waals surface area contributed by atoms with E-state index in [2.05, 4.69) is 9.97 Å².